The first kappa shape index (κ1) is 29.2. The number of aliphatic hydroxyl groups is 1. The molecule has 1 atom stereocenters. The zero-order valence-electron chi connectivity index (χ0n) is 21.7. The third-order valence-electron chi connectivity index (χ3n) is 5.46. The SMILES string of the molecule is CC.Cc1cccc(C)c1OCCNC(C)Cc1cc(C)c2c(ccn2CCCO)c1.NC=O. The molecule has 0 radical (unpaired) electrons. The number of hydrogen-bond donors (Lipinski definition) is 3. The molecule has 1 aromatic heterocycles. The number of amides is 1. The summed E-state index contributed by atoms with van der Waals surface area (Å²) in [6.45, 7) is 15.2. The van der Waals surface area contributed by atoms with Crippen molar-refractivity contribution in [1.82, 2.24) is 9.88 Å². The first-order chi connectivity index (χ1) is 16.4. The average molecular weight is 470 g/mol. The summed E-state index contributed by atoms with van der Waals surface area (Å²) in [6, 6.07) is 13.4. The molecule has 1 unspecified atom stereocenters. The third kappa shape index (κ3) is 8.84. The standard InChI is InChI=1S/C25H34N2O2.C2H6.CH3NO/c1-18-7-5-8-19(2)25(18)29-14-10-26-21(4)16-22-15-20(3)24-23(17-22)9-12-27(24)11-6-13-28;1-2;2-1-3/h5,7-9,12,15,17,21,26,28H,6,10-11,13-14,16H2,1-4H3;1-2H3;1H,(H2,2,3). The number of aromatic nitrogens is 1. The zero-order valence-corrected chi connectivity index (χ0v) is 21.7. The van der Waals surface area contributed by atoms with Gasteiger partial charge in [0.15, 0.2) is 0 Å². The van der Waals surface area contributed by atoms with E-state index in [1.165, 1.54) is 33.2 Å². The summed E-state index contributed by atoms with van der Waals surface area (Å²) < 4.78 is 8.24. The second-order valence-corrected chi connectivity index (χ2v) is 8.20. The maximum Gasteiger partial charge on any atom is 0.204 e. The van der Waals surface area contributed by atoms with Crippen molar-refractivity contribution in [3.05, 3.63) is 64.8 Å². The van der Waals surface area contributed by atoms with Crippen LogP contribution in [0.1, 0.15) is 49.4 Å². The highest BCUT2D eigenvalue weighted by Crippen LogP contribution is 2.24. The number of primary amides is 1. The zero-order chi connectivity index (χ0) is 25.5. The number of aryl methyl sites for hydroxylation is 4. The molecule has 2 aromatic carbocycles. The van der Waals surface area contributed by atoms with E-state index in [4.69, 9.17) is 14.6 Å². The molecule has 0 bridgehead atoms. The lowest BCUT2D eigenvalue weighted by molar-refractivity contribution is -0.106. The van der Waals surface area contributed by atoms with Crippen LogP contribution in [-0.2, 0) is 17.8 Å². The van der Waals surface area contributed by atoms with E-state index in [2.05, 4.69) is 85.9 Å². The summed E-state index contributed by atoms with van der Waals surface area (Å²) in [5, 5.41) is 14.0. The van der Waals surface area contributed by atoms with E-state index in [0.29, 0.717) is 12.6 Å². The van der Waals surface area contributed by atoms with Gasteiger partial charge in [-0.15, -0.1) is 0 Å². The van der Waals surface area contributed by atoms with Gasteiger partial charge in [0.25, 0.3) is 0 Å². The summed E-state index contributed by atoms with van der Waals surface area (Å²) in [6.07, 6.45) is 4.15. The Bertz CT molecular complexity index is 978. The lowest BCUT2D eigenvalue weighted by Crippen LogP contribution is -2.32. The fourth-order valence-electron chi connectivity index (χ4n) is 4.10. The molecule has 0 saturated heterocycles. The van der Waals surface area contributed by atoms with Crippen LogP contribution in [-0.4, -0.2) is 41.9 Å². The van der Waals surface area contributed by atoms with Crippen LogP contribution >= 0.6 is 0 Å². The van der Waals surface area contributed by atoms with Crippen LogP contribution in [0, 0.1) is 20.8 Å². The van der Waals surface area contributed by atoms with Crippen LogP contribution in [0.15, 0.2) is 42.6 Å². The minimum Gasteiger partial charge on any atom is -0.492 e. The van der Waals surface area contributed by atoms with Crippen molar-refractivity contribution >= 4 is 17.3 Å². The molecule has 0 aliphatic carbocycles. The maximum absolute atomic E-state index is 9.10. The van der Waals surface area contributed by atoms with Crippen molar-refractivity contribution < 1.29 is 14.6 Å². The molecule has 0 saturated carbocycles. The number of hydrogen-bond acceptors (Lipinski definition) is 4. The number of nitrogens with two attached hydrogens (primary N) is 1. The molecule has 1 heterocycles. The number of rotatable bonds is 10. The van der Waals surface area contributed by atoms with E-state index in [0.717, 1.165) is 31.7 Å². The second kappa shape index (κ2) is 15.9. The predicted octanol–water partition coefficient (Wildman–Crippen LogP) is 4.68. The minimum absolute atomic E-state index is 0.229. The number of ether oxygens (including phenoxy) is 1. The van der Waals surface area contributed by atoms with Crippen LogP contribution in [0.3, 0.4) is 0 Å². The molecule has 6 heteroatoms. The fourth-order valence-corrected chi connectivity index (χ4v) is 4.10. The topological polar surface area (TPSA) is 89.5 Å². The molecular formula is C28H43N3O3. The Morgan fingerprint density at radius 3 is 2.38 bits per heavy atom. The molecule has 6 nitrogen and oxygen atoms in total. The van der Waals surface area contributed by atoms with Gasteiger partial charge in [0.2, 0.25) is 6.41 Å². The molecule has 3 aromatic rings. The number of carbonyl (C=O) groups is 1. The Balaban J connectivity index is 0.00000107. The quantitative estimate of drug-likeness (QED) is 0.297. The number of para-hydroxylation sites is 1. The highest BCUT2D eigenvalue weighted by atomic mass is 16.5. The van der Waals surface area contributed by atoms with Gasteiger partial charge in [-0.1, -0.05) is 38.1 Å². The van der Waals surface area contributed by atoms with E-state index >= 15 is 0 Å². The normalized spacial score (nSPS) is 11.1. The number of carbonyl (C=O) groups excluding carboxylic acids is 1. The summed E-state index contributed by atoms with van der Waals surface area (Å²) >= 11 is 0. The number of benzene rings is 2. The Kier molecular flexibility index (Phi) is 13.7. The molecule has 188 valence electrons. The Morgan fingerprint density at radius 1 is 1.12 bits per heavy atom. The lowest BCUT2D eigenvalue weighted by Gasteiger charge is -2.17. The number of nitrogens with zero attached hydrogens (tertiary/aromatic N) is 1. The van der Waals surface area contributed by atoms with Gasteiger partial charge in [0.05, 0.1) is 5.52 Å². The lowest BCUT2D eigenvalue weighted by atomic mass is 10.0. The molecule has 4 N–H and O–H groups in total. The van der Waals surface area contributed by atoms with E-state index < -0.39 is 0 Å². The molecule has 3 rings (SSSR count). The highest BCUT2D eigenvalue weighted by molar-refractivity contribution is 5.84. The van der Waals surface area contributed by atoms with Gasteiger partial charge in [-0.2, -0.15) is 0 Å². The molecule has 34 heavy (non-hydrogen) atoms. The maximum atomic E-state index is 9.10. The minimum atomic E-state index is 0.229. The molecular weight excluding hydrogens is 426 g/mol. The summed E-state index contributed by atoms with van der Waals surface area (Å²) in [5.74, 6) is 1.01. The van der Waals surface area contributed by atoms with Crippen molar-refractivity contribution in [2.24, 2.45) is 5.73 Å². The van der Waals surface area contributed by atoms with Crippen LogP contribution in [0.5, 0.6) is 5.75 Å². The van der Waals surface area contributed by atoms with Gasteiger partial charge in [-0.3, -0.25) is 4.79 Å². The number of nitrogens with one attached hydrogen (secondary N) is 1. The van der Waals surface area contributed by atoms with E-state index in [1.54, 1.807) is 0 Å². The fraction of sp³-hybridized carbons (Fsp3) is 0.464. The third-order valence-corrected chi connectivity index (χ3v) is 5.46. The average Bonchev–Trinajstić information content (AvgIpc) is 3.22. The highest BCUT2D eigenvalue weighted by Gasteiger charge is 2.09. The first-order valence-electron chi connectivity index (χ1n) is 12.2. The van der Waals surface area contributed by atoms with Crippen molar-refractivity contribution in [2.75, 3.05) is 19.8 Å². The number of aliphatic hydroxyl groups excluding tert-OH is 1. The van der Waals surface area contributed by atoms with Crippen LogP contribution < -0.4 is 15.8 Å². The monoisotopic (exact) mass is 469 g/mol. The summed E-state index contributed by atoms with van der Waals surface area (Å²) in [4.78, 5) is 8.58. The molecule has 1 amide bonds. The van der Waals surface area contributed by atoms with Gasteiger partial charge in [0, 0.05) is 37.3 Å². The van der Waals surface area contributed by atoms with Crippen molar-refractivity contribution in [2.45, 2.75) is 67.0 Å². The number of fused-ring (bicyclic) bond motifs is 1. The van der Waals surface area contributed by atoms with Crippen molar-refractivity contribution in [3.63, 3.8) is 0 Å². The smallest absolute Gasteiger partial charge is 0.204 e. The van der Waals surface area contributed by atoms with Gasteiger partial charge in [-0.05, 0) is 74.9 Å². The molecule has 0 aliphatic rings. The van der Waals surface area contributed by atoms with E-state index in [9.17, 15) is 0 Å². The van der Waals surface area contributed by atoms with Gasteiger partial charge >= 0.3 is 0 Å². The van der Waals surface area contributed by atoms with Gasteiger partial charge in [0.1, 0.15) is 12.4 Å². The molecule has 0 aliphatic heterocycles. The van der Waals surface area contributed by atoms with Crippen LogP contribution in [0.25, 0.3) is 10.9 Å². The second-order valence-electron chi connectivity index (χ2n) is 8.20. The Labute approximate surface area is 205 Å². The van der Waals surface area contributed by atoms with E-state index in [1.807, 2.05) is 13.8 Å². The summed E-state index contributed by atoms with van der Waals surface area (Å²) in [5.41, 5.74) is 10.5. The Morgan fingerprint density at radius 2 is 1.76 bits per heavy atom. The van der Waals surface area contributed by atoms with Gasteiger partial charge < -0.3 is 25.5 Å². The van der Waals surface area contributed by atoms with Crippen LogP contribution in [0.4, 0.5) is 0 Å². The van der Waals surface area contributed by atoms with Crippen LogP contribution in [0.2, 0.25) is 0 Å². The van der Waals surface area contributed by atoms with Crippen molar-refractivity contribution in [3.8, 4) is 5.75 Å². The van der Waals surface area contributed by atoms with E-state index in [-0.39, 0.29) is 13.0 Å². The molecule has 0 fully saturated rings. The first-order valence-corrected chi connectivity index (χ1v) is 12.2. The van der Waals surface area contributed by atoms with Gasteiger partial charge in [-0.25, -0.2) is 0 Å². The van der Waals surface area contributed by atoms with Crippen molar-refractivity contribution in [1.29, 1.82) is 0 Å². The largest absolute Gasteiger partial charge is 0.492 e. The predicted molar refractivity (Wildman–Crippen MR) is 143 cm³/mol. The summed E-state index contributed by atoms with van der Waals surface area (Å²) in [7, 11) is 0. The molecule has 0 spiro atoms. The Hall–Kier alpha value is -2.83.